The number of nitrogens with one attached hydrogen (secondary N) is 1. The predicted molar refractivity (Wildman–Crippen MR) is 70.1 cm³/mol. The molecule has 2 N–H and O–H groups in total. The summed E-state index contributed by atoms with van der Waals surface area (Å²) in [5.74, 6) is -0.306. The van der Waals surface area contributed by atoms with Crippen molar-refractivity contribution in [2.45, 2.75) is 32.0 Å². The van der Waals surface area contributed by atoms with E-state index in [-0.39, 0.29) is 24.8 Å². The average Bonchev–Trinajstić information content (AvgIpc) is 2.41. The second-order valence-electron chi connectivity index (χ2n) is 4.71. The van der Waals surface area contributed by atoms with Gasteiger partial charge in [0.15, 0.2) is 0 Å². The van der Waals surface area contributed by atoms with E-state index in [1.54, 1.807) is 11.8 Å². The van der Waals surface area contributed by atoms with Crippen LogP contribution in [0.3, 0.4) is 0 Å². The lowest BCUT2D eigenvalue weighted by Crippen LogP contribution is -2.62. The molecule has 0 unspecified atom stereocenters. The Bertz CT molecular complexity index is 461. The number of benzene rings is 1. The average molecular weight is 262 g/mol. The summed E-state index contributed by atoms with van der Waals surface area (Å²) in [6.07, 6.45) is 0.261. The molecule has 5 heteroatoms. The van der Waals surface area contributed by atoms with E-state index in [0.29, 0.717) is 6.54 Å². The number of nitrogens with zero attached hydrogens (tertiary/aromatic N) is 1. The zero-order valence-electron chi connectivity index (χ0n) is 10.9. The molecule has 5 nitrogen and oxygen atoms in total. The molecule has 2 atom stereocenters. The van der Waals surface area contributed by atoms with E-state index in [2.05, 4.69) is 5.32 Å². The fourth-order valence-corrected chi connectivity index (χ4v) is 2.29. The third-order valence-electron chi connectivity index (χ3n) is 3.29. The molecule has 0 saturated carbocycles. The van der Waals surface area contributed by atoms with Crippen LogP contribution in [0.2, 0.25) is 0 Å². The first-order valence-corrected chi connectivity index (χ1v) is 6.39. The minimum atomic E-state index is -0.589. The molecule has 1 saturated heterocycles. The van der Waals surface area contributed by atoms with Crippen molar-refractivity contribution >= 4 is 11.8 Å². The van der Waals surface area contributed by atoms with Crippen LogP contribution >= 0.6 is 0 Å². The maximum Gasteiger partial charge on any atom is 0.245 e. The van der Waals surface area contributed by atoms with E-state index in [1.807, 2.05) is 30.3 Å². The molecule has 102 valence electrons. The molecule has 1 heterocycles. The van der Waals surface area contributed by atoms with Gasteiger partial charge in [0, 0.05) is 13.2 Å². The fourth-order valence-electron chi connectivity index (χ4n) is 2.29. The molecular formula is C14H18N2O3. The molecule has 0 bridgehead atoms. The molecule has 2 amide bonds. The van der Waals surface area contributed by atoms with Gasteiger partial charge in [0.2, 0.25) is 11.8 Å². The van der Waals surface area contributed by atoms with Crippen LogP contribution in [0, 0.1) is 0 Å². The Morgan fingerprint density at radius 2 is 1.95 bits per heavy atom. The Hall–Kier alpha value is -1.88. The van der Waals surface area contributed by atoms with Gasteiger partial charge >= 0.3 is 0 Å². The molecule has 0 aliphatic carbocycles. The molecule has 2 rings (SSSR count). The summed E-state index contributed by atoms with van der Waals surface area (Å²) in [6, 6.07) is 8.44. The van der Waals surface area contributed by atoms with Gasteiger partial charge in [0.25, 0.3) is 0 Å². The second kappa shape index (κ2) is 5.84. The molecule has 0 spiro atoms. The molecule has 0 aromatic heterocycles. The van der Waals surface area contributed by atoms with E-state index in [9.17, 15) is 9.59 Å². The molecule has 1 aliphatic rings. The Labute approximate surface area is 112 Å². The Balaban J connectivity index is 2.21. The van der Waals surface area contributed by atoms with Crippen LogP contribution in [0.1, 0.15) is 18.9 Å². The molecule has 1 aromatic rings. The van der Waals surface area contributed by atoms with Gasteiger partial charge in [0.05, 0.1) is 0 Å². The largest absolute Gasteiger partial charge is 0.396 e. The van der Waals surface area contributed by atoms with Gasteiger partial charge in [0.1, 0.15) is 12.1 Å². The summed E-state index contributed by atoms with van der Waals surface area (Å²) in [4.78, 5) is 25.7. The summed E-state index contributed by atoms with van der Waals surface area (Å²) in [7, 11) is 0. The number of amides is 2. The fraction of sp³-hybridized carbons (Fsp3) is 0.429. The highest BCUT2D eigenvalue weighted by molar-refractivity contribution is 5.96. The van der Waals surface area contributed by atoms with Crippen molar-refractivity contribution in [3.05, 3.63) is 35.9 Å². The quantitative estimate of drug-likeness (QED) is 0.819. The normalized spacial score (nSPS) is 23.4. The first-order valence-electron chi connectivity index (χ1n) is 6.39. The monoisotopic (exact) mass is 262 g/mol. The maximum absolute atomic E-state index is 12.2. The van der Waals surface area contributed by atoms with Crippen LogP contribution in [0.15, 0.2) is 30.3 Å². The Morgan fingerprint density at radius 3 is 2.58 bits per heavy atom. The molecule has 1 aromatic carbocycles. The van der Waals surface area contributed by atoms with Crippen molar-refractivity contribution in [3.63, 3.8) is 0 Å². The summed E-state index contributed by atoms with van der Waals surface area (Å²) < 4.78 is 0. The van der Waals surface area contributed by atoms with Crippen LogP contribution in [0.5, 0.6) is 0 Å². The highest BCUT2D eigenvalue weighted by atomic mass is 16.3. The third-order valence-corrected chi connectivity index (χ3v) is 3.29. The third kappa shape index (κ3) is 2.93. The minimum Gasteiger partial charge on any atom is -0.396 e. The van der Waals surface area contributed by atoms with Gasteiger partial charge in [-0.2, -0.15) is 0 Å². The van der Waals surface area contributed by atoms with Crippen molar-refractivity contribution in [1.82, 2.24) is 10.2 Å². The van der Waals surface area contributed by atoms with Crippen LogP contribution in [-0.4, -0.2) is 40.5 Å². The molecule has 0 radical (unpaired) electrons. The highest BCUT2D eigenvalue weighted by Crippen LogP contribution is 2.16. The highest BCUT2D eigenvalue weighted by Gasteiger charge is 2.37. The van der Waals surface area contributed by atoms with E-state index in [4.69, 9.17) is 5.11 Å². The van der Waals surface area contributed by atoms with Crippen LogP contribution in [-0.2, 0) is 16.1 Å². The van der Waals surface area contributed by atoms with Gasteiger partial charge in [-0.05, 0) is 18.9 Å². The minimum absolute atomic E-state index is 0.109. The van der Waals surface area contributed by atoms with Crippen molar-refractivity contribution in [3.8, 4) is 0 Å². The van der Waals surface area contributed by atoms with Gasteiger partial charge in [-0.15, -0.1) is 0 Å². The number of aliphatic hydroxyl groups excluding tert-OH is 1. The number of aliphatic hydroxyl groups is 1. The smallest absolute Gasteiger partial charge is 0.245 e. The molecule has 1 aliphatic heterocycles. The zero-order valence-corrected chi connectivity index (χ0v) is 10.9. The second-order valence-corrected chi connectivity index (χ2v) is 4.71. The molecule has 19 heavy (non-hydrogen) atoms. The summed E-state index contributed by atoms with van der Waals surface area (Å²) in [6.45, 7) is 1.94. The van der Waals surface area contributed by atoms with Gasteiger partial charge in [-0.1, -0.05) is 30.3 Å². The summed E-state index contributed by atoms with van der Waals surface area (Å²) in [5.41, 5.74) is 0.973. The lowest BCUT2D eigenvalue weighted by atomic mass is 10.0. The SMILES string of the molecule is C[C@@H]1NC(=O)[C@H](CCO)N(Cc2ccccc2)C1=O. The maximum atomic E-state index is 12.2. The summed E-state index contributed by atoms with van der Waals surface area (Å²) in [5, 5.41) is 11.7. The molecular weight excluding hydrogens is 244 g/mol. The van der Waals surface area contributed by atoms with Crippen molar-refractivity contribution in [2.75, 3.05) is 6.61 Å². The van der Waals surface area contributed by atoms with Crippen molar-refractivity contribution in [2.24, 2.45) is 0 Å². The number of carbonyl (C=O) groups is 2. The Kier molecular flexibility index (Phi) is 4.16. The van der Waals surface area contributed by atoms with E-state index in [1.165, 1.54) is 0 Å². The Morgan fingerprint density at radius 1 is 1.26 bits per heavy atom. The standard InChI is InChI=1S/C14H18N2O3/c1-10-14(19)16(9-11-5-3-2-4-6-11)12(7-8-17)13(18)15-10/h2-6,10,12,17H,7-9H2,1H3,(H,15,18)/t10-,12-/m0/s1. The van der Waals surface area contributed by atoms with Crippen molar-refractivity contribution in [1.29, 1.82) is 0 Å². The number of hydrogen-bond acceptors (Lipinski definition) is 3. The van der Waals surface area contributed by atoms with Gasteiger partial charge in [-0.3, -0.25) is 9.59 Å². The lowest BCUT2D eigenvalue weighted by Gasteiger charge is -2.37. The van der Waals surface area contributed by atoms with E-state index < -0.39 is 12.1 Å². The number of piperazine rings is 1. The number of hydrogen-bond donors (Lipinski definition) is 2. The van der Waals surface area contributed by atoms with Gasteiger partial charge < -0.3 is 15.3 Å². The number of rotatable bonds is 4. The first kappa shape index (κ1) is 13.5. The first-order chi connectivity index (χ1) is 9.13. The predicted octanol–water partition coefficient (Wildman–Crippen LogP) is 0.284. The zero-order chi connectivity index (χ0) is 13.8. The van der Waals surface area contributed by atoms with Crippen molar-refractivity contribution < 1.29 is 14.7 Å². The van der Waals surface area contributed by atoms with Crippen LogP contribution in [0.4, 0.5) is 0 Å². The lowest BCUT2D eigenvalue weighted by molar-refractivity contribution is -0.150. The van der Waals surface area contributed by atoms with E-state index >= 15 is 0 Å². The molecule has 1 fully saturated rings. The number of carbonyl (C=O) groups excluding carboxylic acids is 2. The van der Waals surface area contributed by atoms with E-state index in [0.717, 1.165) is 5.56 Å². The summed E-state index contributed by atoms with van der Waals surface area (Å²) >= 11 is 0. The topological polar surface area (TPSA) is 69.6 Å². The van der Waals surface area contributed by atoms with Crippen LogP contribution < -0.4 is 5.32 Å². The van der Waals surface area contributed by atoms with Gasteiger partial charge in [-0.25, -0.2) is 0 Å². The van der Waals surface area contributed by atoms with Crippen LogP contribution in [0.25, 0.3) is 0 Å².